The quantitative estimate of drug-likeness (QED) is 0.792. The average molecular weight is 241 g/mol. The lowest BCUT2D eigenvalue weighted by molar-refractivity contribution is -0.0785. The highest BCUT2D eigenvalue weighted by Gasteiger charge is 2.32. The van der Waals surface area contributed by atoms with Crippen molar-refractivity contribution in [2.24, 2.45) is 5.92 Å². The zero-order chi connectivity index (χ0) is 12.3. The van der Waals surface area contributed by atoms with Gasteiger partial charge in [0.05, 0.1) is 11.7 Å². The van der Waals surface area contributed by atoms with Gasteiger partial charge < -0.3 is 15.2 Å². The molecule has 2 N–H and O–H groups in total. The standard InChI is InChI=1S/C14H27NO2/c1-3-14(2)9-12(7-8-17-14)15-10-11-5-4-6-13(11)16/h11-13,15-16H,3-10H2,1-2H3. The van der Waals surface area contributed by atoms with Crippen LogP contribution >= 0.6 is 0 Å². The molecular formula is C14H27NO2. The first-order valence-electron chi connectivity index (χ1n) is 7.18. The Labute approximate surface area is 105 Å². The van der Waals surface area contributed by atoms with Gasteiger partial charge in [0, 0.05) is 19.2 Å². The van der Waals surface area contributed by atoms with Crippen LogP contribution in [-0.2, 0) is 4.74 Å². The molecule has 0 aromatic rings. The van der Waals surface area contributed by atoms with Crippen molar-refractivity contribution in [3.8, 4) is 0 Å². The lowest BCUT2D eigenvalue weighted by Crippen LogP contribution is -2.46. The summed E-state index contributed by atoms with van der Waals surface area (Å²) in [6, 6.07) is 0.571. The summed E-state index contributed by atoms with van der Waals surface area (Å²) in [6.07, 6.45) is 6.59. The van der Waals surface area contributed by atoms with Crippen LogP contribution in [0.4, 0.5) is 0 Å². The molecule has 2 rings (SSSR count). The second kappa shape index (κ2) is 5.68. The van der Waals surface area contributed by atoms with E-state index >= 15 is 0 Å². The van der Waals surface area contributed by atoms with Gasteiger partial charge >= 0.3 is 0 Å². The van der Waals surface area contributed by atoms with Gasteiger partial charge in [0.25, 0.3) is 0 Å². The molecule has 4 unspecified atom stereocenters. The van der Waals surface area contributed by atoms with Crippen LogP contribution in [0.15, 0.2) is 0 Å². The Morgan fingerprint density at radius 1 is 1.35 bits per heavy atom. The summed E-state index contributed by atoms with van der Waals surface area (Å²) in [5.74, 6) is 0.478. The molecule has 4 atom stereocenters. The molecule has 0 aromatic heterocycles. The highest BCUT2D eigenvalue weighted by molar-refractivity contribution is 4.87. The number of aliphatic hydroxyl groups is 1. The number of nitrogens with one attached hydrogen (secondary N) is 1. The molecule has 3 heteroatoms. The molecule has 17 heavy (non-hydrogen) atoms. The van der Waals surface area contributed by atoms with Crippen molar-refractivity contribution < 1.29 is 9.84 Å². The summed E-state index contributed by atoms with van der Waals surface area (Å²) in [6.45, 7) is 6.26. The topological polar surface area (TPSA) is 41.5 Å². The lowest BCUT2D eigenvalue weighted by atomic mass is 9.89. The smallest absolute Gasteiger partial charge is 0.0666 e. The summed E-state index contributed by atoms with van der Waals surface area (Å²) >= 11 is 0. The lowest BCUT2D eigenvalue weighted by Gasteiger charge is -2.38. The molecule has 1 saturated heterocycles. The van der Waals surface area contributed by atoms with Gasteiger partial charge in [0.1, 0.15) is 0 Å². The normalized spacial score (nSPS) is 42.9. The molecule has 0 aromatic carbocycles. The minimum Gasteiger partial charge on any atom is -0.393 e. The number of hydrogen-bond donors (Lipinski definition) is 2. The van der Waals surface area contributed by atoms with E-state index in [0.29, 0.717) is 12.0 Å². The fraction of sp³-hybridized carbons (Fsp3) is 1.00. The van der Waals surface area contributed by atoms with Gasteiger partial charge in [-0.1, -0.05) is 13.3 Å². The van der Waals surface area contributed by atoms with E-state index in [9.17, 15) is 5.11 Å². The van der Waals surface area contributed by atoms with E-state index in [0.717, 1.165) is 38.8 Å². The Hall–Kier alpha value is -0.120. The van der Waals surface area contributed by atoms with Crippen LogP contribution in [0.3, 0.4) is 0 Å². The third-order valence-corrected chi connectivity index (χ3v) is 4.63. The summed E-state index contributed by atoms with van der Waals surface area (Å²) in [4.78, 5) is 0. The Balaban J connectivity index is 1.75. The molecule has 1 aliphatic heterocycles. The van der Waals surface area contributed by atoms with Crippen LogP contribution in [0, 0.1) is 5.92 Å². The first-order chi connectivity index (χ1) is 8.13. The number of rotatable bonds is 4. The van der Waals surface area contributed by atoms with Gasteiger partial charge in [-0.15, -0.1) is 0 Å². The van der Waals surface area contributed by atoms with Crippen LogP contribution in [0.25, 0.3) is 0 Å². The van der Waals surface area contributed by atoms with E-state index in [2.05, 4.69) is 19.2 Å². The van der Waals surface area contributed by atoms with Crippen molar-refractivity contribution in [1.29, 1.82) is 0 Å². The molecule has 1 heterocycles. The second-order valence-electron chi connectivity index (χ2n) is 6.01. The molecule has 0 amide bonds. The minimum absolute atomic E-state index is 0.0597. The zero-order valence-corrected chi connectivity index (χ0v) is 11.2. The van der Waals surface area contributed by atoms with E-state index in [1.165, 1.54) is 12.8 Å². The van der Waals surface area contributed by atoms with Crippen LogP contribution in [0.5, 0.6) is 0 Å². The fourth-order valence-corrected chi connectivity index (χ4v) is 3.12. The maximum atomic E-state index is 9.80. The Bertz CT molecular complexity index is 246. The Kier molecular flexibility index (Phi) is 4.45. The third kappa shape index (κ3) is 3.43. The number of ether oxygens (including phenoxy) is 1. The van der Waals surface area contributed by atoms with Crippen molar-refractivity contribution in [3.05, 3.63) is 0 Å². The van der Waals surface area contributed by atoms with E-state index < -0.39 is 0 Å². The van der Waals surface area contributed by atoms with Crippen LogP contribution in [0.2, 0.25) is 0 Å². The van der Waals surface area contributed by atoms with Crippen LogP contribution in [-0.4, -0.2) is 36.0 Å². The molecule has 3 nitrogen and oxygen atoms in total. The minimum atomic E-state index is -0.0695. The van der Waals surface area contributed by atoms with Crippen LogP contribution < -0.4 is 5.32 Å². The zero-order valence-electron chi connectivity index (χ0n) is 11.2. The molecule has 100 valence electrons. The molecule has 1 aliphatic carbocycles. The molecule has 2 aliphatic rings. The Morgan fingerprint density at radius 3 is 2.82 bits per heavy atom. The molecule has 1 saturated carbocycles. The third-order valence-electron chi connectivity index (χ3n) is 4.63. The van der Waals surface area contributed by atoms with Gasteiger partial charge in [-0.05, 0) is 44.9 Å². The molecule has 2 fully saturated rings. The van der Waals surface area contributed by atoms with Crippen molar-refractivity contribution in [2.45, 2.75) is 70.1 Å². The largest absolute Gasteiger partial charge is 0.393 e. The van der Waals surface area contributed by atoms with Crippen molar-refractivity contribution in [1.82, 2.24) is 5.32 Å². The van der Waals surface area contributed by atoms with Crippen LogP contribution in [0.1, 0.15) is 52.4 Å². The average Bonchev–Trinajstić information content (AvgIpc) is 2.73. The maximum absolute atomic E-state index is 9.80. The monoisotopic (exact) mass is 241 g/mol. The SMILES string of the molecule is CCC1(C)CC(NCC2CCCC2O)CCO1. The predicted octanol–water partition coefficient (Wildman–Crippen LogP) is 2.08. The first kappa shape index (κ1) is 13.3. The number of hydrogen-bond acceptors (Lipinski definition) is 3. The van der Waals surface area contributed by atoms with E-state index in [4.69, 9.17) is 4.74 Å². The van der Waals surface area contributed by atoms with E-state index in [1.54, 1.807) is 0 Å². The molecule has 0 radical (unpaired) electrons. The highest BCUT2D eigenvalue weighted by Crippen LogP contribution is 2.29. The molecular weight excluding hydrogens is 214 g/mol. The van der Waals surface area contributed by atoms with Crippen molar-refractivity contribution in [3.63, 3.8) is 0 Å². The van der Waals surface area contributed by atoms with E-state index in [1.807, 2.05) is 0 Å². The summed E-state index contributed by atoms with van der Waals surface area (Å²) in [5, 5.41) is 13.4. The van der Waals surface area contributed by atoms with Gasteiger partial charge in [0.15, 0.2) is 0 Å². The fourth-order valence-electron chi connectivity index (χ4n) is 3.12. The van der Waals surface area contributed by atoms with Crippen molar-refractivity contribution >= 4 is 0 Å². The molecule has 0 bridgehead atoms. The summed E-state index contributed by atoms with van der Waals surface area (Å²) in [7, 11) is 0. The number of aliphatic hydroxyl groups excluding tert-OH is 1. The maximum Gasteiger partial charge on any atom is 0.0666 e. The summed E-state index contributed by atoms with van der Waals surface area (Å²) < 4.78 is 5.85. The Morgan fingerprint density at radius 2 is 2.18 bits per heavy atom. The van der Waals surface area contributed by atoms with Gasteiger partial charge in [-0.25, -0.2) is 0 Å². The predicted molar refractivity (Wildman–Crippen MR) is 69.0 cm³/mol. The summed E-state index contributed by atoms with van der Waals surface area (Å²) in [5.41, 5.74) is 0.0597. The second-order valence-corrected chi connectivity index (χ2v) is 6.01. The van der Waals surface area contributed by atoms with Gasteiger partial charge in [-0.3, -0.25) is 0 Å². The van der Waals surface area contributed by atoms with Crippen molar-refractivity contribution in [2.75, 3.05) is 13.2 Å². The van der Waals surface area contributed by atoms with Gasteiger partial charge in [0.2, 0.25) is 0 Å². The van der Waals surface area contributed by atoms with Gasteiger partial charge in [-0.2, -0.15) is 0 Å². The van der Waals surface area contributed by atoms with E-state index in [-0.39, 0.29) is 11.7 Å². The highest BCUT2D eigenvalue weighted by atomic mass is 16.5. The first-order valence-corrected chi connectivity index (χ1v) is 7.18. The molecule has 0 spiro atoms.